The first-order chi connectivity index (χ1) is 12.1. The van der Waals surface area contributed by atoms with Gasteiger partial charge in [-0.15, -0.1) is 10.2 Å². The van der Waals surface area contributed by atoms with Crippen LogP contribution in [0.15, 0.2) is 35.4 Å². The first-order valence-corrected chi connectivity index (χ1v) is 9.13. The van der Waals surface area contributed by atoms with Gasteiger partial charge in [0, 0.05) is 31.4 Å². The van der Waals surface area contributed by atoms with Crippen molar-refractivity contribution in [3.05, 3.63) is 52.3 Å². The maximum Gasteiger partial charge on any atom is 0.253 e. The molecular weight excluding hydrogens is 312 g/mol. The van der Waals surface area contributed by atoms with Crippen LogP contribution >= 0.6 is 0 Å². The van der Waals surface area contributed by atoms with E-state index >= 15 is 0 Å². The third-order valence-electron chi connectivity index (χ3n) is 5.36. The van der Waals surface area contributed by atoms with E-state index < -0.39 is 0 Å². The number of aromatic nitrogens is 4. The number of nitrogens with zero attached hydrogens (tertiary/aromatic N) is 4. The van der Waals surface area contributed by atoms with E-state index in [4.69, 9.17) is 0 Å². The molecular formula is C20H24N4O. The molecule has 130 valence electrons. The lowest BCUT2D eigenvalue weighted by atomic mass is 9.87. The van der Waals surface area contributed by atoms with E-state index in [1.54, 1.807) is 11.6 Å². The van der Waals surface area contributed by atoms with E-state index in [2.05, 4.69) is 20.8 Å². The lowest BCUT2D eigenvalue weighted by Gasteiger charge is -2.20. The Bertz CT molecular complexity index is 937. The standard InChI is InChI=1S/C20H24N4O/c1-14-10-17(12-23(2)20(14)25)16-8-9-18-21-22-19(24(18)13-16)11-15-6-4-3-5-7-15/h8-10,12-13,15H,3-7,11H2,1-2H3. The minimum atomic E-state index is 0.0483. The lowest BCUT2D eigenvalue weighted by molar-refractivity contribution is 0.351. The predicted octanol–water partition coefficient (Wildman–Crippen LogP) is 3.53. The van der Waals surface area contributed by atoms with Crippen molar-refractivity contribution in [2.24, 2.45) is 13.0 Å². The zero-order chi connectivity index (χ0) is 17.4. The Morgan fingerprint density at radius 2 is 1.88 bits per heavy atom. The molecule has 0 aromatic carbocycles. The molecule has 1 aliphatic rings. The molecule has 0 aliphatic heterocycles. The number of fused-ring (bicyclic) bond motifs is 1. The molecule has 5 heteroatoms. The summed E-state index contributed by atoms with van der Waals surface area (Å²) in [6, 6.07) is 6.01. The molecule has 0 N–H and O–H groups in total. The van der Waals surface area contributed by atoms with E-state index in [1.807, 2.05) is 31.3 Å². The Morgan fingerprint density at radius 3 is 2.64 bits per heavy atom. The van der Waals surface area contributed by atoms with Gasteiger partial charge in [0.1, 0.15) is 5.82 Å². The summed E-state index contributed by atoms with van der Waals surface area (Å²) < 4.78 is 3.76. The molecule has 4 rings (SSSR count). The second kappa shape index (κ2) is 6.47. The summed E-state index contributed by atoms with van der Waals surface area (Å²) >= 11 is 0. The molecule has 0 amide bonds. The summed E-state index contributed by atoms with van der Waals surface area (Å²) in [5, 5.41) is 8.76. The predicted molar refractivity (Wildman–Crippen MR) is 98.7 cm³/mol. The van der Waals surface area contributed by atoms with Crippen LogP contribution in [0, 0.1) is 12.8 Å². The van der Waals surface area contributed by atoms with E-state index in [9.17, 15) is 4.79 Å². The van der Waals surface area contributed by atoms with Gasteiger partial charge >= 0.3 is 0 Å². The number of hydrogen-bond donors (Lipinski definition) is 0. The Balaban J connectivity index is 1.72. The molecule has 0 unspecified atom stereocenters. The number of aryl methyl sites for hydroxylation is 2. The fraction of sp³-hybridized carbons (Fsp3) is 0.450. The van der Waals surface area contributed by atoms with Gasteiger partial charge in [0.25, 0.3) is 5.56 Å². The van der Waals surface area contributed by atoms with E-state index in [1.165, 1.54) is 32.1 Å². The van der Waals surface area contributed by atoms with Gasteiger partial charge in [0.15, 0.2) is 5.65 Å². The minimum absolute atomic E-state index is 0.0483. The number of hydrogen-bond acceptors (Lipinski definition) is 3. The van der Waals surface area contributed by atoms with Crippen molar-refractivity contribution in [2.45, 2.75) is 45.4 Å². The highest BCUT2D eigenvalue weighted by molar-refractivity contribution is 5.64. The van der Waals surface area contributed by atoms with Crippen LogP contribution in [-0.2, 0) is 13.5 Å². The normalized spacial score (nSPS) is 15.8. The van der Waals surface area contributed by atoms with Crippen molar-refractivity contribution >= 4 is 5.65 Å². The van der Waals surface area contributed by atoms with Gasteiger partial charge < -0.3 is 4.57 Å². The molecule has 0 atom stereocenters. The molecule has 3 aromatic rings. The molecule has 1 saturated carbocycles. The topological polar surface area (TPSA) is 52.2 Å². The van der Waals surface area contributed by atoms with E-state index in [0.717, 1.165) is 40.5 Å². The van der Waals surface area contributed by atoms with E-state index in [0.29, 0.717) is 0 Å². The average molecular weight is 336 g/mol. The Morgan fingerprint density at radius 1 is 1.08 bits per heavy atom. The highest BCUT2D eigenvalue weighted by atomic mass is 16.1. The largest absolute Gasteiger partial charge is 0.318 e. The maximum absolute atomic E-state index is 11.9. The zero-order valence-electron chi connectivity index (χ0n) is 14.9. The van der Waals surface area contributed by atoms with Gasteiger partial charge in [-0.05, 0) is 42.2 Å². The minimum Gasteiger partial charge on any atom is -0.318 e. The van der Waals surface area contributed by atoms with Crippen LogP contribution in [0.1, 0.15) is 43.5 Å². The maximum atomic E-state index is 11.9. The Kier molecular flexibility index (Phi) is 4.15. The monoisotopic (exact) mass is 336 g/mol. The summed E-state index contributed by atoms with van der Waals surface area (Å²) in [7, 11) is 1.80. The van der Waals surface area contributed by atoms with Crippen LogP contribution in [0.25, 0.3) is 16.8 Å². The first kappa shape index (κ1) is 16.1. The molecule has 0 spiro atoms. The van der Waals surface area contributed by atoms with Gasteiger partial charge in [-0.2, -0.15) is 0 Å². The molecule has 1 aliphatic carbocycles. The summed E-state index contributed by atoms with van der Waals surface area (Å²) in [4.78, 5) is 11.9. The van der Waals surface area contributed by atoms with Crippen molar-refractivity contribution in [3.63, 3.8) is 0 Å². The number of pyridine rings is 2. The first-order valence-electron chi connectivity index (χ1n) is 9.13. The summed E-state index contributed by atoms with van der Waals surface area (Å²) in [6.45, 7) is 1.86. The van der Waals surface area contributed by atoms with Crippen molar-refractivity contribution in [2.75, 3.05) is 0 Å². The van der Waals surface area contributed by atoms with Gasteiger partial charge in [0.2, 0.25) is 0 Å². The molecule has 5 nitrogen and oxygen atoms in total. The highest BCUT2D eigenvalue weighted by Gasteiger charge is 2.17. The third-order valence-corrected chi connectivity index (χ3v) is 5.36. The van der Waals surface area contributed by atoms with E-state index in [-0.39, 0.29) is 5.56 Å². The summed E-state index contributed by atoms with van der Waals surface area (Å²) in [5.74, 6) is 1.77. The van der Waals surface area contributed by atoms with Crippen LogP contribution in [0.3, 0.4) is 0 Å². The summed E-state index contributed by atoms with van der Waals surface area (Å²) in [5.41, 5.74) is 3.81. The second-order valence-corrected chi connectivity index (χ2v) is 7.30. The SMILES string of the molecule is Cc1cc(-c2ccc3nnc(CC4CCCCC4)n3c2)cn(C)c1=O. The molecule has 0 bridgehead atoms. The molecule has 25 heavy (non-hydrogen) atoms. The van der Waals surface area contributed by atoms with Gasteiger partial charge in [0.05, 0.1) is 0 Å². The van der Waals surface area contributed by atoms with Crippen LogP contribution in [0.4, 0.5) is 0 Å². The van der Waals surface area contributed by atoms with Crippen molar-refractivity contribution in [3.8, 4) is 11.1 Å². The van der Waals surface area contributed by atoms with Crippen molar-refractivity contribution < 1.29 is 0 Å². The lowest BCUT2D eigenvalue weighted by Crippen LogP contribution is -2.18. The van der Waals surface area contributed by atoms with Gasteiger partial charge in [-0.25, -0.2) is 0 Å². The molecule has 1 fully saturated rings. The van der Waals surface area contributed by atoms with Gasteiger partial charge in [-0.3, -0.25) is 9.20 Å². The summed E-state index contributed by atoms with van der Waals surface area (Å²) in [6.07, 6.45) is 11.6. The molecule has 3 heterocycles. The van der Waals surface area contributed by atoms with Crippen molar-refractivity contribution in [1.29, 1.82) is 0 Å². The Hall–Kier alpha value is -2.43. The van der Waals surface area contributed by atoms with Crippen molar-refractivity contribution in [1.82, 2.24) is 19.2 Å². The van der Waals surface area contributed by atoms with Crippen LogP contribution in [-0.4, -0.2) is 19.2 Å². The van der Waals surface area contributed by atoms with Crippen LogP contribution < -0.4 is 5.56 Å². The van der Waals surface area contributed by atoms with Gasteiger partial charge in [-0.1, -0.05) is 32.1 Å². The second-order valence-electron chi connectivity index (χ2n) is 7.30. The number of rotatable bonds is 3. The zero-order valence-corrected chi connectivity index (χ0v) is 14.9. The fourth-order valence-corrected chi connectivity index (χ4v) is 3.93. The smallest absolute Gasteiger partial charge is 0.253 e. The molecule has 3 aromatic heterocycles. The van der Waals surface area contributed by atoms with Crippen LogP contribution in [0.2, 0.25) is 0 Å². The molecule has 0 radical (unpaired) electrons. The molecule has 0 saturated heterocycles. The third kappa shape index (κ3) is 3.11. The Labute approximate surface area is 147 Å². The van der Waals surface area contributed by atoms with Crippen LogP contribution in [0.5, 0.6) is 0 Å². The highest BCUT2D eigenvalue weighted by Crippen LogP contribution is 2.27. The fourth-order valence-electron chi connectivity index (χ4n) is 3.93. The quantitative estimate of drug-likeness (QED) is 0.735. The average Bonchev–Trinajstić information content (AvgIpc) is 3.02.